The van der Waals surface area contributed by atoms with Gasteiger partial charge in [0.15, 0.2) is 0 Å². The second kappa shape index (κ2) is 3.42. The van der Waals surface area contributed by atoms with Crippen LogP contribution < -0.4 is 0 Å². The zero-order valence-corrected chi connectivity index (χ0v) is 6.52. The van der Waals surface area contributed by atoms with E-state index in [1.54, 1.807) is 6.20 Å². The van der Waals surface area contributed by atoms with Gasteiger partial charge in [-0.05, 0) is 13.0 Å². The maximum atomic E-state index is 5.44. The number of nitrogens with zero attached hydrogens (tertiary/aromatic N) is 1. The summed E-state index contributed by atoms with van der Waals surface area (Å²) < 4.78 is 0. The zero-order valence-electron chi connectivity index (χ0n) is 5.76. The molecule has 0 aromatic carbocycles. The van der Waals surface area contributed by atoms with Gasteiger partial charge in [-0.1, -0.05) is 6.08 Å². The van der Waals surface area contributed by atoms with Crippen LogP contribution >= 0.6 is 11.6 Å². The maximum Gasteiger partial charge on any atom is 0.103 e. The van der Waals surface area contributed by atoms with E-state index in [0.29, 0.717) is 5.88 Å². The maximum absolute atomic E-state index is 5.44. The van der Waals surface area contributed by atoms with Crippen LogP contribution in [0.2, 0.25) is 0 Å². The average Bonchev–Trinajstić information content (AvgIpc) is 2.31. The summed E-state index contributed by atoms with van der Waals surface area (Å²) in [5.41, 5.74) is 0.998. The lowest BCUT2D eigenvalue weighted by molar-refractivity contribution is 1.15. The van der Waals surface area contributed by atoms with Gasteiger partial charge < -0.3 is 4.98 Å². The van der Waals surface area contributed by atoms with Crippen molar-refractivity contribution in [3.05, 3.63) is 23.8 Å². The number of rotatable bonds is 2. The molecule has 0 atom stereocenters. The third-order valence-corrected chi connectivity index (χ3v) is 1.29. The molecule has 0 radical (unpaired) electrons. The molecule has 0 aliphatic heterocycles. The molecule has 0 spiro atoms. The Balaban J connectivity index is 2.67. The monoisotopic (exact) mass is 156 g/mol. The molecular formula is C7H9ClN2. The largest absolute Gasteiger partial charge is 0.343 e. The molecule has 10 heavy (non-hydrogen) atoms. The number of aromatic nitrogens is 2. The van der Waals surface area contributed by atoms with Crippen LogP contribution in [0, 0.1) is 6.92 Å². The molecule has 1 N–H and O–H groups in total. The highest BCUT2D eigenvalue weighted by atomic mass is 35.5. The molecule has 0 aliphatic carbocycles. The number of alkyl halides is 1. The molecule has 2 nitrogen and oxygen atoms in total. The Kier molecular flexibility index (Phi) is 2.51. The molecule has 0 amide bonds. The fourth-order valence-corrected chi connectivity index (χ4v) is 0.785. The Morgan fingerprint density at radius 2 is 2.60 bits per heavy atom. The number of halogens is 1. The first-order chi connectivity index (χ1) is 4.83. The van der Waals surface area contributed by atoms with Gasteiger partial charge in [-0.25, -0.2) is 4.98 Å². The molecule has 54 valence electrons. The van der Waals surface area contributed by atoms with Crippen molar-refractivity contribution in [2.45, 2.75) is 6.92 Å². The lowest BCUT2D eigenvalue weighted by Gasteiger charge is -1.80. The van der Waals surface area contributed by atoms with Crippen LogP contribution in [0.5, 0.6) is 0 Å². The van der Waals surface area contributed by atoms with E-state index in [1.165, 1.54) is 0 Å². The minimum Gasteiger partial charge on any atom is -0.343 e. The summed E-state index contributed by atoms with van der Waals surface area (Å²) in [6.07, 6.45) is 5.56. The van der Waals surface area contributed by atoms with Crippen molar-refractivity contribution in [2.75, 3.05) is 5.88 Å². The van der Waals surface area contributed by atoms with E-state index >= 15 is 0 Å². The summed E-state index contributed by atoms with van der Waals surface area (Å²) in [5, 5.41) is 0. The van der Waals surface area contributed by atoms with Crippen molar-refractivity contribution >= 4 is 17.7 Å². The number of hydrogen-bond donors (Lipinski definition) is 1. The predicted molar refractivity (Wildman–Crippen MR) is 43.1 cm³/mol. The van der Waals surface area contributed by atoms with Gasteiger partial charge in [0.25, 0.3) is 0 Å². The minimum absolute atomic E-state index is 0.540. The smallest absolute Gasteiger partial charge is 0.103 e. The highest BCUT2D eigenvalue weighted by Crippen LogP contribution is 1.97. The van der Waals surface area contributed by atoms with Crippen LogP contribution in [-0.4, -0.2) is 15.8 Å². The van der Waals surface area contributed by atoms with Crippen molar-refractivity contribution in [3.63, 3.8) is 0 Å². The van der Waals surface area contributed by atoms with E-state index in [1.807, 2.05) is 19.1 Å². The lowest BCUT2D eigenvalue weighted by atomic mass is 10.4. The van der Waals surface area contributed by atoms with E-state index in [2.05, 4.69) is 9.97 Å². The first kappa shape index (κ1) is 7.35. The second-order valence-corrected chi connectivity index (χ2v) is 2.29. The molecule has 1 aromatic rings. The van der Waals surface area contributed by atoms with E-state index in [9.17, 15) is 0 Å². The van der Waals surface area contributed by atoms with E-state index in [0.717, 1.165) is 11.5 Å². The van der Waals surface area contributed by atoms with Crippen molar-refractivity contribution in [3.8, 4) is 0 Å². The van der Waals surface area contributed by atoms with Gasteiger partial charge in [0, 0.05) is 5.88 Å². The Morgan fingerprint density at radius 1 is 1.80 bits per heavy atom. The summed E-state index contributed by atoms with van der Waals surface area (Å²) in [6.45, 7) is 1.91. The molecule has 3 heteroatoms. The second-order valence-electron chi connectivity index (χ2n) is 1.98. The van der Waals surface area contributed by atoms with Crippen molar-refractivity contribution in [1.29, 1.82) is 0 Å². The molecule has 0 aliphatic rings. The van der Waals surface area contributed by atoms with Crippen molar-refractivity contribution < 1.29 is 0 Å². The quantitative estimate of drug-likeness (QED) is 0.652. The van der Waals surface area contributed by atoms with Gasteiger partial charge in [0.05, 0.1) is 11.9 Å². The summed E-state index contributed by atoms with van der Waals surface area (Å²) in [4.78, 5) is 7.07. The van der Waals surface area contributed by atoms with Crippen molar-refractivity contribution in [1.82, 2.24) is 9.97 Å². The molecule has 1 heterocycles. The molecule has 1 rings (SSSR count). The summed E-state index contributed by atoms with van der Waals surface area (Å²) in [5.74, 6) is 1.46. The number of H-pyrrole nitrogens is 1. The number of imidazole rings is 1. The number of hydrogen-bond acceptors (Lipinski definition) is 1. The van der Waals surface area contributed by atoms with Crippen LogP contribution in [0.4, 0.5) is 0 Å². The molecular weight excluding hydrogens is 148 g/mol. The van der Waals surface area contributed by atoms with Gasteiger partial charge in [-0.15, -0.1) is 11.6 Å². The highest BCUT2D eigenvalue weighted by molar-refractivity contribution is 6.19. The van der Waals surface area contributed by atoms with Crippen LogP contribution in [-0.2, 0) is 0 Å². The average molecular weight is 157 g/mol. The molecule has 0 saturated carbocycles. The molecule has 1 aromatic heterocycles. The number of allylic oxidation sites excluding steroid dienone is 1. The molecule has 0 fully saturated rings. The van der Waals surface area contributed by atoms with E-state index in [4.69, 9.17) is 11.6 Å². The Hall–Kier alpha value is -0.760. The van der Waals surface area contributed by atoms with E-state index < -0.39 is 0 Å². The van der Waals surface area contributed by atoms with Gasteiger partial charge in [-0.3, -0.25) is 0 Å². The third-order valence-electron chi connectivity index (χ3n) is 1.11. The SMILES string of the molecule is Cc1ncc(C=CCCl)[nH]1. The van der Waals surface area contributed by atoms with Crippen LogP contribution in [0.3, 0.4) is 0 Å². The predicted octanol–water partition coefficient (Wildman–Crippen LogP) is 1.97. The Labute approximate surface area is 64.9 Å². The summed E-state index contributed by atoms with van der Waals surface area (Å²) >= 11 is 5.44. The fourth-order valence-electron chi connectivity index (χ4n) is 0.696. The normalized spacial score (nSPS) is 11.0. The van der Waals surface area contributed by atoms with Gasteiger partial charge in [0.2, 0.25) is 0 Å². The third kappa shape index (κ3) is 1.88. The Morgan fingerprint density at radius 3 is 3.10 bits per heavy atom. The number of aromatic amines is 1. The zero-order chi connectivity index (χ0) is 7.40. The van der Waals surface area contributed by atoms with Gasteiger partial charge >= 0.3 is 0 Å². The standard InChI is InChI=1S/C7H9ClN2/c1-6-9-5-7(10-6)3-2-4-8/h2-3,5H,4H2,1H3,(H,9,10). The van der Waals surface area contributed by atoms with Gasteiger partial charge in [-0.2, -0.15) is 0 Å². The number of aryl methyl sites for hydroxylation is 1. The molecule has 0 unspecified atom stereocenters. The molecule has 0 saturated heterocycles. The van der Waals surface area contributed by atoms with Crippen LogP contribution in [0.25, 0.3) is 6.08 Å². The van der Waals surface area contributed by atoms with Crippen LogP contribution in [0.15, 0.2) is 12.3 Å². The summed E-state index contributed by atoms with van der Waals surface area (Å²) in [7, 11) is 0. The fraction of sp³-hybridized carbons (Fsp3) is 0.286. The first-order valence-corrected chi connectivity index (χ1v) is 3.60. The molecule has 0 bridgehead atoms. The topological polar surface area (TPSA) is 28.7 Å². The number of nitrogens with one attached hydrogen (secondary N) is 1. The Bertz CT molecular complexity index is 227. The van der Waals surface area contributed by atoms with Crippen LogP contribution in [0.1, 0.15) is 11.5 Å². The summed E-state index contributed by atoms with van der Waals surface area (Å²) in [6, 6.07) is 0. The van der Waals surface area contributed by atoms with E-state index in [-0.39, 0.29) is 0 Å². The highest BCUT2D eigenvalue weighted by Gasteiger charge is 1.88. The lowest BCUT2D eigenvalue weighted by Crippen LogP contribution is -1.72. The van der Waals surface area contributed by atoms with Crippen molar-refractivity contribution in [2.24, 2.45) is 0 Å². The van der Waals surface area contributed by atoms with Gasteiger partial charge in [0.1, 0.15) is 5.82 Å². The minimum atomic E-state index is 0.540. The first-order valence-electron chi connectivity index (χ1n) is 3.07.